The lowest BCUT2D eigenvalue weighted by molar-refractivity contribution is -0.117. The van der Waals surface area contributed by atoms with Crippen molar-refractivity contribution in [2.45, 2.75) is 38.6 Å². The van der Waals surface area contributed by atoms with Crippen LogP contribution in [0.2, 0.25) is 0 Å². The first-order valence-corrected chi connectivity index (χ1v) is 11.3. The van der Waals surface area contributed by atoms with Gasteiger partial charge in [-0.05, 0) is 50.1 Å². The summed E-state index contributed by atoms with van der Waals surface area (Å²) in [6.45, 7) is 8.19. The topological polar surface area (TPSA) is 43.6 Å². The molecule has 0 saturated carbocycles. The van der Waals surface area contributed by atoms with E-state index in [0.717, 1.165) is 16.1 Å². The Morgan fingerprint density at radius 2 is 2.00 bits per heavy atom. The van der Waals surface area contributed by atoms with E-state index in [-0.39, 0.29) is 5.91 Å². The van der Waals surface area contributed by atoms with Gasteiger partial charge in [-0.1, -0.05) is 35.6 Å². The van der Waals surface area contributed by atoms with Crippen LogP contribution in [0.15, 0.2) is 52.4 Å². The number of carbonyl (C=O) groups is 1. The fourth-order valence-corrected chi connectivity index (χ4v) is 5.23. The molecule has 0 radical (unpaired) electrons. The zero-order valence-electron chi connectivity index (χ0n) is 16.6. The Labute approximate surface area is 174 Å². The van der Waals surface area contributed by atoms with Gasteiger partial charge in [0, 0.05) is 30.2 Å². The highest BCUT2D eigenvalue weighted by molar-refractivity contribution is 7.99. The van der Waals surface area contributed by atoms with E-state index in [0.29, 0.717) is 26.2 Å². The molecule has 1 amide bonds. The molecule has 0 fully saturated rings. The van der Waals surface area contributed by atoms with Crippen LogP contribution in [-0.2, 0) is 16.1 Å². The van der Waals surface area contributed by atoms with Crippen LogP contribution in [0.1, 0.15) is 24.5 Å². The monoisotopic (exact) mass is 414 g/mol. The van der Waals surface area contributed by atoms with E-state index in [9.17, 15) is 4.79 Å². The van der Waals surface area contributed by atoms with Gasteiger partial charge in [0.25, 0.3) is 0 Å². The van der Waals surface area contributed by atoms with Gasteiger partial charge in [0.2, 0.25) is 5.91 Å². The van der Waals surface area contributed by atoms with E-state index < -0.39 is 0 Å². The molecule has 1 heterocycles. The number of aryl methyl sites for hydroxylation is 2. The number of fused-ring (bicyclic) bond motifs is 1. The van der Waals surface area contributed by atoms with E-state index >= 15 is 0 Å². The number of rotatable bonds is 8. The highest BCUT2D eigenvalue weighted by Gasteiger charge is 2.11. The Morgan fingerprint density at radius 3 is 2.75 bits per heavy atom. The minimum atomic E-state index is -0.0745. The number of ether oxygens (including phenoxy) is 1. The van der Waals surface area contributed by atoms with Gasteiger partial charge >= 0.3 is 0 Å². The van der Waals surface area contributed by atoms with Crippen LogP contribution in [0.3, 0.4) is 0 Å². The summed E-state index contributed by atoms with van der Waals surface area (Å²) in [6, 6.07) is 14.5. The molecule has 148 valence electrons. The van der Waals surface area contributed by atoms with Crippen molar-refractivity contribution < 1.29 is 9.53 Å². The summed E-state index contributed by atoms with van der Waals surface area (Å²) in [5, 5.41) is 0. The number of thioether (sulfide) groups is 1. The van der Waals surface area contributed by atoms with Crippen LogP contribution in [0.4, 0.5) is 0 Å². The molecule has 3 aromatic rings. The Bertz CT molecular complexity index is 1010. The van der Waals surface area contributed by atoms with E-state index in [1.54, 1.807) is 23.1 Å². The van der Waals surface area contributed by atoms with E-state index in [4.69, 9.17) is 4.74 Å². The molecule has 1 aromatic heterocycles. The lowest BCUT2D eigenvalue weighted by Crippen LogP contribution is -2.20. The number of amides is 1. The number of nitrogens with zero attached hydrogens (tertiary/aromatic N) is 2. The molecule has 0 unspecified atom stereocenters. The normalized spacial score (nSPS) is 12.0. The van der Waals surface area contributed by atoms with Gasteiger partial charge < -0.3 is 9.30 Å². The van der Waals surface area contributed by atoms with Gasteiger partial charge in [-0.2, -0.15) is 4.99 Å². The maximum Gasteiger partial charge on any atom is 0.249 e. The van der Waals surface area contributed by atoms with Crippen molar-refractivity contribution in [2.75, 3.05) is 19.0 Å². The molecule has 0 saturated heterocycles. The average Bonchev–Trinajstić information content (AvgIpc) is 3.00. The molecular formula is C22H26N2O2S2. The largest absolute Gasteiger partial charge is 0.380 e. The molecule has 0 aliphatic rings. The van der Waals surface area contributed by atoms with Crippen LogP contribution in [0.25, 0.3) is 10.2 Å². The number of carbonyl (C=O) groups excluding carboxylic acids is 1. The van der Waals surface area contributed by atoms with Gasteiger partial charge in [-0.25, -0.2) is 0 Å². The molecule has 0 spiro atoms. The second kappa shape index (κ2) is 10.0. The number of aromatic nitrogens is 1. The Kier molecular flexibility index (Phi) is 7.48. The molecule has 3 rings (SSSR count). The number of hydrogen-bond acceptors (Lipinski definition) is 4. The first kappa shape index (κ1) is 20.8. The van der Waals surface area contributed by atoms with Crippen molar-refractivity contribution in [3.8, 4) is 0 Å². The number of benzene rings is 2. The average molecular weight is 415 g/mol. The second-order valence-electron chi connectivity index (χ2n) is 6.58. The van der Waals surface area contributed by atoms with E-state index in [2.05, 4.69) is 47.7 Å². The fourth-order valence-electron chi connectivity index (χ4n) is 3.12. The minimum absolute atomic E-state index is 0.0745. The van der Waals surface area contributed by atoms with Crippen LogP contribution in [0, 0.1) is 13.8 Å². The molecule has 2 aromatic carbocycles. The highest BCUT2D eigenvalue weighted by Crippen LogP contribution is 2.23. The number of thiazole rings is 1. The van der Waals surface area contributed by atoms with Gasteiger partial charge in [-0.3, -0.25) is 4.79 Å². The van der Waals surface area contributed by atoms with Crippen LogP contribution in [-0.4, -0.2) is 29.4 Å². The Hall–Kier alpha value is -1.89. The maximum absolute atomic E-state index is 12.5. The summed E-state index contributed by atoms with van der Waals surface area (Å²) in [5.41, 5.74) is 3.58. The second-order valence-corrected chi connectivity index (χ2v) is 8.76. The predicted octanol–water partition coefficient (Wildman–Crippen LogP) is 4.97. The van der Waals surface area contributed by atoms with Crippen LogP contribution >= 0.6 is 23.1 Å². The molecule has 0 aliphatic carbocycles. The molecule has 0 aliphatic heterocycles. The van der Waals surface area contributed by atoms with E-state index in [1.807, 2.05) is 25.1 Å². The molecular weight excluding hydrogens is 388 g/mol. The summed E-state index contributed by atoms with van der Waals surface area (Å²) >= 11 is 3.27. The van der Waals surface area contributed by atoms with Gasteiger partial charge in [-0.15, -0.1) is 11.8 Å². The first-order valence-electron chi connectivity index (χ1n) is 9.52. The van der Waals surface area contributed by atoms with Crippen LogP contribution in [0.5, 0.6) is 0 Å². The third kappa shape index (κ3) is 5.34. The highest BCUT2D eigenvalue weighted by atomic mass is 32.2. The molecule has 28 heavy (non-hydrogen) atoms. The Balaban J connectivity index is 1.82. The molecule has 4 nitrogen and oxygen atoms in total. The lowest BCUT2D eigenvalue weighted by Gasteiger charge is -2.08. The predicted molar refractivity (Wildman–Crippen MR) is 118 cm³/mol. The van der Waals surface area contributed by atoms with Crippen molar-refractivity contribution in [1.82, 2.24) is 4.57 Å². The molecule has 6 heteroatoms. The van der Waals surface area contributed by atoms with E-state index in [1.165, 1.54) is 20.7 Å². The zero-order chi connectivity index (χ0) is 19.9. The molecule has 0 N–H and O–H groups in total. The first-order chi connectivity index (χ1) is 13.6. The summed E-state index contributed by atoms with van der Waals surface area (Å²) in [5.74, 6) is 0.656. The van der Waals surface area contributed by atoms with Crippen molar-refractivity contribution in [3.63, 3.8) is 0 Å². The standard InChI is InChI=1S/C22H26N2O2S2/c1-4-26-12-11-24-21-17(3)14-16(2)15-19(21)28-22(24)23-20(25)10-13-27-18-8-6-5-7-9-18/h5-9,14-15H,4,10-13H2,1-3H3. The van der Waals surface area contributed by atoms with Gasteiger partial charge in [0.05, 0.1) is 16.8 Å². The lowest BCUT2D eigenvalue weighted by atomic mass is 10.1. The molecule has 0 bridgehead atoms. The third-order valence-electron chi connectivity index (χ3n) is 4.32. The minimum Gasteiger partial charge on any atom is -0.380 e. The van der Waals surface area contributed by atoms with Gasteiger partial charge in [0.15, 0.2) is 4.80 Å². The SMILES string of the molecule is CCOCCn1c(=NC(=O)CCSc2ccccc2)sc2cc(C)cc(C)c21. The van der Waals surface area contributed by atoms with Crippen molar-refractivity contribution in [1.29, 1.82) is 0 Å². The van der Waals surface area contributed by atoms with Crippen molar-refractivity contribution >= 4 is 39.2 Å². The van der Waals surface area contributed by atoms with Crippen molar-refractivity contribution in [2.24, 2.45) is 4.99 Å². The summed E-state index contributed by atoms with van der Waals surface area (Å²) in [6.07, 6.45) is 0.428. The summed E-state index contributed by atoms with van der Waals surface area (Å²) in [4.78, 5) is 18.9. The Morgan fingerprint density at radius 1 is 1.21 bits per heavy atom. The maximum atomic E-state index is 12.5. The molecule has 0 atom stereocenters. The zero-order valence-corrected chi connectivity index (χ0v) is 18.2. The fraction of sp³-hybridized carbons (Fsp3) is 0.364. The summed E-state index contributed by atoms with van der Waals surface area (Å²) in [7, 11) is 0. The third-order valence-corrected chi connectivity index (χ3v) is 6.36. The summed E-state index contributed by atoms with van der Waals surface area (Å²) < 4.78 is 8.84. The quantitative estimate of drug-likeness (QED) is 0.386. The van der Waals surface area contributed by atoms with Gasteiger partial charge in [0.1, 0.15) is 0 Å². The van der Waals surface area contributed by atoms with Crippen molar-refractivity contribution in [3.05, 3.63) is 58.4 Å². The van der Waals surface area contributed by atoms with Crippen LogP contribution < -0.4 is 4.80 Å². The smallest absolute Gasteiger partial charge is 0.249 e. The number of hydrogen-bond donors (Lipinski definition) is 0.